The number of aliphatic hydroxyl groups is 1. The van der Waals surface area contributed by atoms with Crippen molar-refractivity contribution < 1.29 is 24.5 Å². The molecular formula is C15H23NO5. The van der Waals surface area contributed by atoms with Gasteiger partial charge in [0, 0.05) is 12.6 Å². The van der Waals surface area contributed by atoms with E-state index >= 15 is 0 Å². The normalized spacial score (nSPS) is 12.4. The van der Waals surface area contributed by atoms with E-state index < -0.39 is 12.1 Å². The Morgan fingerprint density at radius 2 is 1.95 bits per heavy atom. The van der Waals surface area contributed by atoms with Crippen molar-refractivity contribution in [2.45, 2.75) is 32.6 Å². The number of hydrogen-bond acceptors (Lipinski definition) is 5. The van der Waals surface area contributed by atoms with Crippen molar-refractivity contribution in [3.05, 3.63) is 29.8 Å². The number of benzene rings is 1. The maximum Gasteiger partial charge on any atom is 0.329 e. The van der Waals surface area contributed by atoms with Crippen LogP contribution in [0.4, 0.5) is 0 Å². The minimum Gasteiger partial charge on any atom is -0.491 e. The lowest BCUT2D eigenvalue weighted by Gasteiger charge is -2.15. The Morgan fingerprint density at radius 3 is 2.52 bits per heavy atom. The van der Waals surface area contributed by atoms with Gasteiger partial charge >= 0.3 is 5.97 Å². The van der Waals surface area contributed by atoms with Crippen molar-refractivity contribution in [2.75, 3.05) is 19.8 Å². The summed E-state index contributed by atoms with van der Waals surface area (Å²) in [4.78, 5) is 10.3. The van der Waals surface area contributed by atoms with E-state index in [-0.39, 0.29) is 19.8 Å². The lowest BCUT2D eigenvalue weighted by atomic mass is 10.2. The number of carboxylic acids is 1. The Balaban J connectivity index is 2.28. The summed E-state index contributed by atoms with van der Waals surface area (Å²) in [6, 6.07) is 7.46. The predicted molar refractivity (Wildman–Crippen MR) is 78.4 cm³/mol. The lowest BCUT2D eigenvalue weighted by molar-refractivity contribution is -0.142. The smallest absolute Gasteiger partial charge is 0.329 e. The first kappa shape index (κ1) is 17.4. The van der Waals surface area contributed by atoms with E-state index in [1.807, 2.05) is 13.8 Å². The molecule has 0 aliphatic heterocycles. The molecule has 6 heteroatoms. The summed E-state index contributed by atoms with van der Waals surface area (Å²) in [6.07, 6.45) is -0.564. The summed E-state index contributed by atoms with van der Waals surface area (Å²) in [5, 5.41) is 21.3. The molecule has 0 spiro atoms. The third-order valence-corrected chi connectivity index (χ3v) is 2.62. The maximum absolute atomic E-state index is 10.3. The Labute approximate surface area is 124 Å². The summed E-state index contributed by atoms with van der Waals surface area (Å²) in [7, 11) is 0. The molecule has 21 heavy (non-hydrogen) atoms. The summed E-state index contributed by atoms with van der Waals surface area (Å²) in [5.74, 6) is -0.334. The highest BCUT2D eigenvalue weighted by Crippen LogP contribution is 2.13. The monoisotopic (exact) mass is 297 g/mol. The van der Waals surface area contributed by atoms with E-state index in [9.17, 15) is 9.90 Å². The largest absolute Gasteiger partial charge is 0.491 e. The number of carbonyl (C=O) groups is 1. The van der Waals surface area contributed by atoms with Gasteiger partial charge in [0.05, 0.1) is 6.61 Å². The van der Waals surface area contributed by atoms with E-state index in [0.717, 1.165) is 5.56 Å². The van der Waals surface area contributed by atoms with Gasteiger partial charge in [0.1, 0.15) is 25.1 Å². The second-order valence-corrected chi connectivity index (χ2v) is 5.06. The van der Waals surface area contributed by atoms with Crippen LogP contribution in [0.5, 0.6) is 5.75 Å². The van der Waals surface area contributed by atoms with Gasteiger partial charge < -0.3 is 25.0 Å². The molecule has 1 atom stereocenters. The van der Waals surface area contributed by atoms with Gasteiger partial charge in [-0.2, -0.15) is 0 Å². The van der Waals surface area contributed by atoms with Crippen molar-refractivity contribution in [3.63, 3.8) is 0 Å². The highest BCUT2D eigenvalue weighted by molar-refractivity contribution is 5.67. The Morgan fingerprint density at radius 1 is 1.29 bits per heavy atom. The van der Waals surface area contributed by atoms with Gasteiger partial charge in [0.15, 0.2) is 0 Å². The van der Waals surface area contributed by atoms with Gasteiger partial charge in [-0.25, -0.2) is 4.79 Å². The first-order valence-electron chi connectivity index (χ1n) is 6.90. The quantitative estimate of drug-likeness (QED) is 0.598. The number of ether oxygens (including phenoxy) is 2. The minimum absolute atomic E-state index is 0.217. The average Bonchev–Trinajstić information content (AvgIpc) is 2.44. The first-order chi connectivity index (χ1) is 9.97. The van der Waals surface area contributed by atoms with Crippen LogP contribution in [-0.4, -0.2) is 48.1 Å². The SMILES string of the molecule is CC(C)NCC(O)COc1ccc(COCC(=O)O)cc1. The number of hydrogen-bond donors (Lipinski definition) is 3. The lowest BCUT2D eigenvalue weighted by Crippen LogP contribution is -2.35. The van der Waals surface area contributed by atoms with Crippen LogP contribution in [0, 0.1) is 0 Å². The molecule has 1 unspecified atom stereocenters. The van der Waals surface area contributed by atoms with E-state index in [0.29, 0.717) is 18.3 Å². The molecule has 0 aliphatic carbocycles. The molecule has 0 saturated carbocycles. The van der Waals surface area contributed by atoms with Crippen LogP contribution in [0.25, 0.3) is 0 Å². The Bertz CT molecular complexity index is 419. The molecule has 6 nitrogen and oxygen atoms in total. The standard InChI is InChI=1S/C15H23NO5/c1-11(2)16-7-13(17)9-21-14-5-3-12(4-6-14)8-20-10-15(18)19/h3-6,11,13,16-17H,7-10H2,1-2H3,(H,18,19). The fourth-order valence-electron chi connectivity index (χ4n) is 1.56. The van der Waals surface area contributed by atoms with Gasteiger partial charge in [0.2, 0.25) is 0 Å². The molecule has 118 valence electrons. The molecule has 3 N–H and O–H groups in total. The van der Waals surface area contributed by atoms with Crippen molar-refractivity contribution in [3.8, 4) is 5.75 Å². The molecule has 0 radical (unpaired) electrons. The average molecular weight is 297 g/mol. The van der Waals surface area contributed by atoms with Crippen LogP contribution in [0.15, 0.2) is 24.3 Å². The highest BCUT2D eigenvalue weighted by Gasteiger charge is 2.06. The molecular weight excluding hydrogens is 274 g/mol. The Kier molecular flexibility index (Phi) is 7.74. The second kappa shape index (κ2) is 9.33. The predicted octanol–water partition coefficient (Wildman–Crippen LogP) is 1.03. The zero-order valence-corrected chi connectivity index (χ0v) is 12.4. The van der Waals surface area contributed by atoms with E-state index in [1.165, 1.54) is 0 Å². The summed E-state index contributed by atoms with van der Waals surface area (Å²) < 4.78 is 10.5. The van der Waals surface area contributed by atoms with E-state index in [1.54, 1.807) is 24.3 Å². The third-order valence-electron chi connectivity index (χ3n) is 2.62. The molecule has 0 saturated heterocycles. The molecule has 1 rings (SSSR count). The van der Waals surface area contributed by atoms with Crippen LogP contribution in [0.1, 0.15) is 19.4 Å². The minimum atomic E-state index is -0.987. The molecule has 1 aromatic carbocycles. The molecule has 0 aliphatic rings. The topological polar surface area (TPSA) is 88.0 Å². The van der Waals surface area contributed by atoms with Gasteiger partial charge in [-0.05, 0) is 17.7 Å². The highest BCUT2D eigenvalue weighted by atomic mass is 16.5. The van der Waals surface area contributed by atoms with Crippen molar-refractivity contribution in [2.24, 2.45) is 0 Å². The van der Waals surface area contributed by atoms with Crippen molar-refractivity contribution >= 4 is 5.97 Å². The van der Waals surface area contributed by atoms with Crippen LogP contribution >= 0.6 is 0 Å². The number of nitrogens with one attached hydrogen (secondary N) is 1. The van der Waals surface area contributed by atoms with Gasteiger partial charge in [-0.15, -0.1) is 0 Å². The Hall–Kier alpha value is -1.63. The molecule has 0 bridgehead atoms. The summed E-state index contributed by atoms with van der Waals surface area (Å²) >= 11 is 0. The second-order valence-electron chi connectivity index (χ2n) is 5.06. The zero-order valence-electron chi connectivity index (χ0n) is 12.4. The van der Waals surface area contributed by atoms with Gasteiger partial charge in [-0.1, -0.05) is 26.0 Å². The number of carboxylic acid groups (broad SMARTS) is 1. The molecule has 0 fully saturated rings. The van der Waals surface area contributed by atoms with E-state index in [4.69, 9.17) is 14.6 Å². The van der Waals surface area contributed by atoms with Crippen molar-refractivity contribution in [1.82, 2.24) is 5.32 Å². The van der Waals surface area contributed by atoms with Crippen molar-refractivity contribution in [1.29, 1.82) is 0 Å². The summed E-state index contributed by atoms with van der Waals surface area (Å²) in [6.45, 7) is 4.66. The van der Waals surface area contributed by atoms with Crippen LogP contribution < -0.4 is 10.1 Å². The summed E-state index contributed by atoms with van der Waals surface area (Å²) in [5.41, 5.74) is 0.866. The molecule has 0 heterocycles. The first-order valence-corrected chi connectivity index (χ1v) is 6.90. The van der Waals surface area contributed by atoms with E-state index in [2.05, 4.69) is 5.32 Å². The van der Waals surface area contributed by atoms with Crippen LogP contribution in [0.3, 0.4) is 0 Å². The maximum atomic E-state index is 10.3. The molecule has 0 aromatic heterocycles. The zero-order chi connectivity index (χ0) is 15.7. The molecule has 1 aromatic rings. The van der Waals surface area contributed by atoms with Crippen LogP contribution in [-0.2, 0) is 16.1 Å². The van der Waals surface area contributed by atoms with Gasteiger partial charge in [0.25, 0.3) is 0 Å². The number of aliphatic hydroxyl groups excluding tert-OH is 1. The fraction of sp³-hybridized carbons (Fsp3) is 0.533. The molecule has 0 amide bonds. The number of rotatable bonds is 10. The number of aliphatic carboxylic acids is 1. The van der Waals surface area contributed by atoms with Crippen LogP contribution in [0.2, 0.25) is 0 Å². The third kappa shape index (κ3) is 8.29. The van der Waals surface area contributed by atoms with Gasteiger partial charge in [-0.3, -0.25) is 0 Å². The fourth-order valence-corrected chi connectivity index (χ4v) is 1.56.